The summed E-state index contributed by atoms with van der Waals surface area (Å²) >= 11 is 0. The van der Waals surface area contributed by atoms with Crippen molar-refractivity contribution in [2.75, 3.05) is 10.8 Å². The van der Waals surface area contributed by atoms with Crippen LogP contribution in [-0.2, 0) is 21.4 Å². The van der Waals surface area contributed by atoms with Crippen LogP contribution < -0.4 is 14.8 Å². The summed E-state index contributed by atoms with van der Waals surface area (Å²) in [6, 6.07) is 21.7. The maximum absolute atomic E-state index is 13.8. The zero-order chi connectivity index (χ0) is 28.4. The van der Waals surface area contributed by atoms with Crippen molar-refractivity contribution < 1.29 is 23.1 Å². The van der Waals surface area contributed by atoms with Crippen LogP contribution in [0.2, 0.25) is 0 Å². The number of nitrogen functional groups attached to an aromatic ring is 1. The number of hydrogen-bond acceptors (Lipinski definition) is 7. The second kappa shape index (κ2) is 10.6. The Labute approximate surface area is 230 Å². The molecule has 4 N–H and O–H groups in total. The van der Waals surface area contributed by atoms with Gasteiger partial charge in [-0.15, -0.1) is 0 Å². The number of sulfonamides is 1. The molecular weight excluding hydrogens is 530 g/mol. The predicted octanol–water partition coefficient (Wildman–Crippen LogP) is 4.23. The minimum absolute atomic E-state index is 0.0372. The SMILES string of the molecule is Cc1cc(COc2ccc(C(=N)N)cc2)nc2cc(N(CC(=O)O)S(=O)(=O)c3cccc4cccnc34)ccc12. The summed E-state index contributed by atoms with van der Waals surface area (Å²) in [4.78, 5) is 20.6. The highest BCUT2D eigenvalue weighted by Crippen LogP contribution is 2.31. The van der Waals surface area contributed by atoms with Gasteiger partial charge in [0.15, 0.2) is 0 Å². The molecule has 0 radical (unpaired) electrons. The second-order valence-corrected chi connectivity index (χ2v) is 10.9. The Morgan fingerprint density at radius 2 is 1.80 bits per heavy atom. The average Bonchev–Trinajstić information content (AvgIpc) is 2.94. The number of carbonyl (C=O) groups is 1. The summed E-state index contributed by atoms with van der Waals surface area (Å²) in [5, 5.41) is 18.5. The quantitative estimate of drug-likeness (QED) is 0.180. The molecule has 5 aromatic rings. The first kappa shape index (κ1) is 26.6. The van der Waals surface area contributed by atoms with Crippen molar-refractivity contribution in [1.82, 2.24) is 9.97 Å². The highest BCUT2D eigenvalue weighted by molar-refractivity contribution is 7.93. The van der Waals surface area contributed by atoms with Gasteiger partial charge >= 0.3 is 5.97 Å². The number of para-hydroxylation sites is 1. The minimum Gasteiger partial charge on any atom is -0.487 e. The number of aromatic nitrogens is 2. The molecule has 2 aromatic heterocycles. The smallest absolute Gasteiger partial charge is 0.324 e. The lowest BCUT2D eigenvalue weighted by atomic mass is 10.1. The summed E-state index contributed by atoms with van der Waals surface area (Å²) in [5.74, 6) is -0.774. The Kier molecular flexibility index (Phi) is 7.05. The highest BCUT2D eigenvalue weighted by Gasteiger charge is 2.29. The number of rotatable bonds is 9. The number of amidine groups is 1. The van der Waals surface area contributed by atoms with E-state index in [9.17, 15) is 18.3 Å². The van der Waals surface area contributed by atoms with Crippen LogP contribution in [0.4, 0.5) is 5.69 Å². The van der Waals surface area contributed by atoms with E-state index < -0.39 is 22.5 Å². The van der Waals surface area contributed by atoms with Crippen LogP contribution in [0, 0.1) is 12.3 Å². The number of aliphatic carboxylic acids is 1. The van der Waals surface area contributed by atoms with E-state index in [-0.39, 0.29) is 28.5 Å². The van der Waals surface area contributed by atoms with E-state index in [1.54, 1.807) is 66.7 Å². The number of carboxylic acids is 1. The number of pyridine rings is 2. The number of anilines is 1. The maximum Gasteiger partial charge on any atom is 0.324 e. The van der Waals surface area contributed by atoms with E-state index >= 15 is 0 Å². The summed E-state index contributed by atoms with van der Waals surface area (Å²) in [7, 11) is -4.31. The van der Waals surface area contributed by atoms with E-state index in [2.05, 4.69) is 9.97 Å². The molecule has 0 saturated carbocycles. The fourth-order valence-electron chi connectivity index (χ4n) is 4.42. The molecule has 40 heavy (non-hydrogen) atoms. The number of hydrogen-bond donors (Lipinski definition) is 3. The normalized spacial score (nSPS) is 11.4. The van der Waals surface area contributed by atoms with Crippen molar-refractivity contribution in [3.05, 3.63) is 102 Å². The van der Waals surface area contributed by atoms with Crippen LogP contribution in [0.15, 0.2) is 90.0 Å². The molecule has 0 aliphatic heterocycles. The highest BCUT2D eigenvalue weighted by atomic mass is 32.2. The monoisotopic (exact) mass is 555 g/mol. The largest absolute Gasteiger partial charge is 0.487 e. The molecule has 0 aliphatic carbocycles. The molecule has 0 bridgehead atoms. The van der Waals surface area contributed by atoms with Crippen LogP contribution in [0.3, 0.4) is 0 Å². The zero-order valence-corrected chi connectivity index (χ0v) is 22.2. The Balaban J connectivity index is 1.51. The number of aryl methyl sites for hydroxylation is 1. The number of nitrogens with one attached hydrogen (secondary N) is 1. The number of nitrogens with zero attached hydrogens (tertiary/aromatic N) is 3. The molecule has 202 valence electrons. The zero-order valence-electron chi connectivity index (χ0n) is 21.4. The Bertz CT molecular complexity index is 1870. The average molecular weight is 556 g/mol. The molecule has 3 aromatic carbocycles. The summed E-state index contributed by atoms with van der Waals surface area (Å²) in [6.45, 7) is 1.26. The van der Waals surface area contributed by atoms with Crippen molar-refractivity contribution in [3.63, 3.8) is 0 Å². The van der Waals surface area contributed by atoms with Crippen molar-refractivity contribution in [1.29, 1.82) is 5.41 Å². The van der Waals surface area contributed by atoms with Crippen molar-refractivity contribution in [3.8, 4) is 5.75 Å². The third-order valence-electron chi connectivity index (χ3n) is 6.34. The number of carboxylic acid groups (broad SMARTS) is 1. The molecule has 0 saturated heterocycles. The van der Waals surface area contributed by atoms with E-state index in [4.69, 9.17) is 15.9 Å². The lowest BCUT2D eigenvalue weighted by Crippen LogP contribution is -2.36. The van der Waals surface area contributed by atoms with Crippen molar-refractivity contribution >= 4 is 49.3 Å². The molecule has 0 amide bonds. The lowest BCUT2D eigenvalue weighted by Gasteiger charge is -2.23. The van der Waals surface area contributed by atoms with Gasteiger partial charge in [0.05, 0.1) is 22.4 Å². The summed E-state index contributed by atoms with van der Waals surface area (Å²) in [6.07, 6.45) is 1.49. The van der Waals surface area contributed by atoms with Crippen molar-refractivity contribution in [2.45, 2.75) is 18.4 Å². The fourth-order valence-corrected chi connectivity index (χ4v) is 5.99. The predicted molar refractivity (Wildman–Crippen MR) is 152 cm³/mol. The third kappa shape index (κ3) is 5.27. The molecule has 0 atom stereocenters. The first-order valence-corrected chi connectivity index (χ1v) is 13.6. The van der Waals surface area contributed by atoms with E-state index in [0.29, 0.717) is 27.9 Å². The lowest BCUT2D eigenvalue weighted by molar-refractivity contribution is -0.135. The van der Waals surface area contributed by atoms with Gasteiger partial charge in [-0.3, -0.25) is 19.5 Å². The second-order valence-electron chi connectivity index (χ2n) is 9.10. The van der Waals surface area contributed by atoms with Gasteiger partial charge in [-0.05, 0) is 67.1 Å². The molecule has 5 rings (SSSR count). The molecule has 10 nitrogen and oxygen atoms in total. The van der Waals surface area contributed by atoms with Crippen LogP contribution in [0.5, 0.6) is 5.75 Å². The van der Waals surface area contributed by atoms with Gasteiger partial charge < -0.3 is 15.6 Å². The molecule has 11 heteroatoms. The Morgan fingerprint density at radius 3 is 2.52 bits per heavy atom. The third-order valence-corrected chi connectivity index (χ3v) is 8.14. The first-order chi connectivity index (χ1) is 19.1. The van der Waals surface area contributed by atoms with Crippen LogP contribution >= 0.6 is 0 Å². The summed E-state index contributed by atoms with van der Waals surface area (Å²) in [5.41, 5.74) is 8.48. The van der Waals surface area contributed by atoms with Gasteiger partial charge in [-0.1, -0.05) is 24.3 Å². The molecule has 0 unspecified atom stereocenters. The number of fused-ring (bicyclic) bond motifs is 2. The number of ether oxygens (including phenoxy) is 1. The molecule has 2 heterocycles. The Morgan fingerprint density at radius 1 is 1.05 bits per heavy atom. The molecule has 0 fully saturated rings. The van der Waals surface area contributed by atoms with E-state index in [0.717, 1.165) is 15.3 Å². The van der Waals surface area contributed by atoms with Crippen molar-refractivity contribution in [2.24, 2.45) is 5.73 Å². The van der Waals surface area contributed by atoms with Gasteiger partial charge in [0.25, 0.3) is 10.0 Å². The summed E-state index contributed by atoms with van der Waals surface area (Å²) < 4.78 is 34.4. The maximum atomic E-state index is 13.8. The van der Waals surface area contributed by atoms with Crippen LogP contribution in [0.25, 0.3) is 21.8 Å². The molecular formula is C29H25N5O5S. The topological polar surface area (TPSA) is 160 Å². The van der Waals surface area contributed by atoms with Crippen LogP contribution in [-0.4, -0.2) is 41.8 Å². The van der Waals surface area contributed by atoms with Gasteiger partial charge in [-0.2, -0.15) is 0 Å². The van der Waals surface area contributed by atoms with Crippen LogP contribution in [0.1, 0.15) is 16.8 Å². The Hall–Kier alpha value is -5.03. The fraction of sp³-hybridized carbons (Fsp3) is 0.103. The molecule has 0 spiro atoms. The van der Waals surface area contributed by atoms with Gasteiger partial charge in [0.1, 0.15) is 29.6 Å². The van der Waals surface area contributed by atoms with Gasteiger partial charge in [-0.25, -0.2) is 13.4 Å². The van der Waals surface area contributed by atoms with E-state index in [1.807, 2.05) is 13.0 Å². The van der Waals surface area contributed by atoms with E-state index in [1.165, 1.54) is 12.3 Å². The number of nitrogens with two attached hydrogens (primary N) is 1. The standard InChI is InChI=1S/C29H25N5O5S/c1-18-14-21(17-39-23-10-7-20(8-11-23)29(30)31)33-25-15-22(9-12-24(18)25)34(16-27(35)36)40(37,38)26-6-2-4-19-5-3-13-32-28(19)26/h2-15H,16-17H2,1H3,(H3,30,31)(H,35,36). The van der Waals surface area contributed by atoms with Gasteiger partial charge in [0.2, 0.25) is 0 Å². The molecule has 0 aliphatic rings. The minimum atomic E-state index is -4.31. The van der Waals surface area contributed by atoms with Gasteiger partial charge in [0, 0.05) is 22.5 Å². The first-order valence-electron chi connectivity index (χ1n) is 12.2. The number of benzene rings is 3.